The molecule has 1 saturated heterocycles. The fourth-order valence-electron chi connectivity index (χ4n) is 2.05. The molecule has 5 nitrogen and oxygen atoms in total. The predicted molar refractivity (Wildman–Crippen MR) is 81.7 cm³/mol. The fraction of sp³-hybridized carbons (Fsp3) is 0.615. The SMILES string of the molecule is CC(C)c1ncc(Cl)c(C(=O)NCC2CCCN2)n1.Cl. The van der Waals surface area contributed by atoms with E-state index in [-0.39, 0.29) is 29.9 Å². The molecule has 20 heavy (non-hydrogen) atoms. The van der Waals surface area contributed by atoms with E-state index < -0.39 is 0 Å². The highest BCUT2D eigenvalue weighted by Gasteiger charge is 2.18. The molecule has 2 N–H and O–H groups in total. The van der Waals surface area contributed by atoms with Gasteiger partial charge in [0.25, 0.3) is 5.91 Å². The van der Waals surface area contributed by atoms with Crippen LogP contribution in [0.5, 0.6) is 0 Å². The van der Waals surface area contributed by atoms with Crippen LogP contribution < -0.4 is 10.6 Å². The number of rotatable bonds is 4. The molecule has 0 saturated carbocycles. The summed E-state index contributed by atoms with van der Waals surface area (Å²) in [5, 5.41) is 6.49. The number of nitrogens with zero attached hydrogens (tertiary/aromatic N) is 2. The molecule has 2 heterocycles. The average Bonchev–Trinajstić information content (AvgIpc) is 2.89. The third-order valence-corrected chi connectivity index (χ3v) is 3.44. The van der Waals surface area contributed by atoms with Gasteiger partial charge in [0.1, 0.15) is 11.5 Å². The van der Waals surface area contributed by atoms with Gasteiger partial charge in [-0.3, -0.25) is 4.79 Å². The Balaban J connectivity index is 0.00000200. The van der Waals surface area contributed by atoms with E-state index in [1.807, 2.05) is 13.8 Å². The Bertz CT molecular complexity index is 462. The first-order valence-corrected chi connectivity index (χ1v) is 6.99. The highest BCUT2D eigenvalue weighted by atomic mass is 35.5. The molecule has 112 valence electrons. The summed E-state index contributed by atoms with van der Waals surface area (Å²) in [7, 11) is 0. The van der Waals surface area contributed by atoms with Gasteiger partial charge < -0.3 is 10.6 Å². The molecule has 1 aromatic rings. The van der Waals surface area contributed by atoms with Crippen molar-refractivity contribution in [1.29, 1.82) is 0 Å². The van der Waals surface area contributed by atoms with E-state index in [2.05, 4.69) is 20.6 Å². The van der Waals surface area contributed by atoms with E-state index in [0.29, 0.717) is 23.4 Å². The van der Waals surface area contributed by atoms with Gasteiger partial charge in [-0.1, -0.05) is 25.4 Å². The van der Waals surface area contributed by atoms with Crippen molar-refractivity contribution in [3.8, 4) is 0 Å². The minimum Gasteiger partial charge on any atom is -0.349 e. The third kappa shape index (κ3) is 4.30. The second-order valence-corrected chi connectivity index (χ2v) is 5.49. The minimum atomic E-state index is -0.233. The molecule has 1 aromatic heterocycles. The maximum Gasteiger partial charge on any atom is 0.271 e. The molecule has 1 atom stereocenters. The maximum absolute atomic E-state index is 12.1. The monoisotopic (exact) mass is 318 g/mol. The van der Waals surface area contributed by atoms with Crippen LogP contribution in [0.2, 0.25) is 5.02 Å². The van der Waals surface area contributed by atoms with Crippen molar-refractivity contribution < 1.29 is 4.79 Å². The largest absolute Gasteiger partial charge is 0.349 e. The van der Waals surface area contributed by atoms with Gasteiger partial charge in [0.05, 0.1) is 11.2 Å². The van der Waals surface area contributed by atoms with Crippen molar-refractivity contribution in [2.75, 3.05) is 13.1 Å². The van der Waals surface area contributed by atoms with Gasteiger partial charge >= 0.3 is 0 Å². The van der Waals surface area contributed by atoms with Crippen molar-refractivity contribution in [3.05, 3.63) is 22.7 Å². The van der Waals surface area contributed by atoms with Crippen LogP contribution in [-0.4, -0.2) is 35.0 Å². The van der Waals surface area contributed by atoms with Crippen LogP contribution in [0.1, 0.15) is 48.9 Å². The second kappa shape index (κ2) is 7.76. The molecular weight excluding hydrogens is 299 g/mol. The minimum absolute atomic E-state index is 0. The number of hydrogen-bond donors (Lipinski definition) is 2. The smallest absolute Gasteiger partial charge is 0.271 e. The first kappa shape index (κ1) is 17.1. The van der Waals surface area contributed by atoms with Crippen LogP contribution in [0, 0.1) is 0 Å². The quantitative estimate of drug-likeness (QED) is 0.892. The number of carbonyl (C=O) groups excluding carboxylic acids is 1. The van der Waals surface area contributed by atoms with Crippen LogP contribution in [0.25, 0.3) is 0 Å². The first-order chi connectivity index (χ1) is 9.08. The molecule has 2 rings (SSSR count). The molecule has 0 bridgehead atoms. The highest BCUT2D eigenvalue weighted by molar-refractivity contribution is 6.33. The summed E-state index contributed by atoms with van der Waals surface area (Å²) in [5.74, 6) is 0.567. The number of carbonyl (C=O) groups is 1. The van der Waals surface area contributed by atoms with Crippen molar-refractivity contribution in [3.63, 3.8) is 0 Å². The van der Waals surface area contributed by atoms with Crippen molar-refractivity contribution in [1.82, 2.24) is 20.6 Å². The molecule has 1 unspecified atom stereocenters. The second-order valence-electron chi connectivity index (χ2n) is 5.08. The van der Waals surface area contributed by atoms with Crippen LogP contribution in [0.3, 0.4) is 0 Å². The van der Waals surface area contributed by atoms with E-state index in [1.54, 1.807) is 0 Å². The number of nitrogens with one attached hydrogen (secondary N) is 2. The van der Waals surface area contributed by atoms with E-state index >= 15 is 0 Å². The molecule has 1 aliphatic rings. The Morgan fingerprint density at radius 2 is 2.35 bits per heavy atom. The fourth-order valence-corrected chi connectivity index (χ4v) is 2.23. The third-order valence-electron chi connectivity index (χ3n) is 3.17. The zero-order chi connectivity index (χ0) is 13.8. The molecule has 0 aromatic carbocycles. The van der Waals surface area contributed by atoms with Crippen molar-refractivity contribution >= 4 is 29.9 Å². The molecule has 1 aliphatic heterocycles. The molecule has 1 amide bonds. The molecule has 0 spiro atoms. The predicted octanol–water partition coefficient (Wildman–Crippen LogP) is 2.16. The summed E-state index contributed by atoms with van der Waals surface area (Å²) in [4.78, 5) is 20.4. The first-order valence-electron chi connectivity index (χ1n) is 6.62. The van der Waals surface area contributed by atoms with E-state index in [1.165, 1.54) is 6.20 Å². The zero-order valence-electron chi connectivity index (χ0n) is 11.6. The summed E-state index contributed by atoms with van der Waals surface area (Å²) in [6, 6.07) is 0.356. The summed E-state index contributed by atoms with van der Waals surface area (Å²) in [5.41, 5.74) is 0.262. The molecule has 1 fully saturated rings. The zero-order valence-corrected chi connectivity index (χ0v) is 13.2. The van der Waals surface area contributed by atoms with Crippen molar-refractivity contribution in [2.45, 2.75) is 38.6 Å². The van der Waals surface area contributed by atoms with Crippen molar-refractivity contribution in [2.24, 2.45) is 0 Å². The molecule has 7 heteroatoms. The van der Waals surface area contributed by atoms with Crippen LogP contribution in [-0.2, 0) is 0 Å². The van der Waals surface area contributed by atoms with Crippen LogP contribution >= 0.6 is 24.0 Å². The lowest BCUT2D eigenvalue weighted by Crippen LogP contribution is -2.37. The summed E-state index contributed by atoms with van der Waals surface area (Å²) < 4.78 is 0. The Morgan fingerprint density at radius 1 is 1.60 bits per heavy atom. The molecular formula is C13H20Cl2N4O. The molecule has 0 aliphatic carbocycles. The van der Waals surface area contributed by atoms with Gasteiger partial charge in [0, 0.05) is 18.5 Å². The number of halogens is 2. The number of amides is 1. The summed E-state index contributed by atoms with van der Waals surface area (Å²) in [6.45, 7) is 5.59. The highest BCUT2D eigenvalue weighted by Crippen LogP contribution is 2.16. The lowest BCUT2D eigenvalue weighted by molar-refractivity contribution is 0.0945. The van der Waals surface area contributed by atoms with E-state index in [0.717, 1.165) is 19.4 Å². The lowest BCUT2D eigenvalue weighted by Gasteiger charge is -2.12. The maximum atomic E-state index is 12.1. The average molecular weight is 319 g/mol. The number of hydrogen-bond acceptors (Lipinski definition) is 4. The lowest BCUT2D eigenvalue weighted by atomic mass is 10.2. The Hall–Kier alpha value is -0.910. The van der Waals surface area contributed by atoms with E-state index in [9.17, 15) is 4.79 Å². The van der Waals surface area contributed by atoms with Crippen LogP contribution in [0.15, 0.2) is 6.20 Å². The van der Waals surface area contributed by atoms with E-state index in [4.69, 9.17) is 11.6 Å². The van der Waals surface area contributed by atoms with Gasteiger partial charge in [0.2, 0.25) is 0 Å². The summed E-state index contributed by atoms with van der Waals surface area (Å²) in [6.07, 6.45) is 3.74. The topological polar surface area (TPSA) is 66.9 Å². The number of aromatic nitrogens is 2. The normalized spacial score (nSPS) is 17.9. The van der Waals surface area contributed by atoms with Gasteiger partial charge in [-0.2, -0.15) is 0 Å². The van der Waals surface area contributed by atoms with Gasteiger partial charge in [-0.15, -0.1) is 12.4 Å². The van der Waals surface area contributed by atoms with Crippen LogP contribution in [0.4, 0.5) is 0 Å². The van der Waals surface area contributed by atoms with Gasteiger partial charge in [-0.25, -0.2) is 9.97 Å². The van der Waals surface area contributed by atoms with Gasteiger partial charge in [-0.05, 0) is 19.4 Å². The summed E-state index contributed by atoms with van der Waals surface area (Å²) >= 11 is 5.99. The molecule has 0 radical (unpaired) electrons. The Morgan fingerprint density at radius 3 is 2.95 bits per heavy atom. The standard InChI is InChI=1S/C13H19ClN4O.ClH/c1-8(2)12-16-7-10(14)11(18-12)13(19)17-6-9-4-3-5-15-9;/h7-9,15H,3-6H2,1-2H3,(H,17,19);1H. The van der Waals surface area contributed by atoms with Gasteiger partial charge in [0.15, 0.2) is 0 Å². The Kier molecular flexibility index (Phi) is 6.65. The Labute approximate surface area is 130 Å².